The average molecular weight is 269 g/mol. The zero-order valence-corrected chi connectivity index (χ0v) is 12.7. The van der Waals surface area contributed by atoms with Crippen LogP contribution in [0.1, 0.15) is 33.4 Å². The van der Waals surface area contributed by atoms with E-state index in [2.05, 4.69) is 44.8 Å². The van der Waals surface area contributed by atoms with E-state index in [0.29, 0.717) is 12.3 Å². The molecule has 1 atom stereocenters. The van der Waals surface area contributed by atoms with Crippen molar-refractivity contribution in [2.75, 3.05) is 0 Å². The summed E-state index contributed by atoms with van der Waals surface area (Å²) in [6.45, 7) is 8.98. The molecular formula is C18H23NO. The molecule has 1 saturated carbocycles. The summed E-state index contributed by atoms with van der Waals surface area (Å²) in [6.07, 6.45) is 0.330. The van der Waals surface area contributed by atoms with Gasteiger partial charge in [0.05, 0.1) is 11.6 Å². The zero-order valence-electron chi connectivity index (χ0n) is 12.7. The third-order valence-electron chi connectivity index (χ3n) is 5.59. The topological polar surface area (TPSA) is 33.1 Å². The van der Waals surface area contributed by atoms with Gasteiger partial charge in [-0.3, -0.25) is 4.98 Å². The summed E-state index contributed by atoms with van der Waals surface area (Å²) in [7, 11) is 0. The van der Waals surface area contributed by atoms with Crippen molar-refractivity contribution in [3.63, 3.8) is 0 Å². The van der Waals surface area contributed by atoms with E-state index in [0.717, 1.165) is 16.6 Å². The molecule has 1 fully saturated rings. The normalized spacial score (nSPS) is 21.9. The molecular weight excluding hydrogens is 246 g/mol. The number of nitrogens with zero attached hydrogens (tertiary/aromatic N) is 1. The van der Waals surface area contributed by atoms with Gasteiger partial charge in [-0.1, -0.05) is 52.0 Å². The van der Waals surface area contributed by atoms with Crippen LogP contribution in [0.4, 0.5) is 0 Å². The maximum absolute atomic E-state index is 10.5. The molecule has 3 rings (SSSR count). The average Bonchev–Trinajstić information content (AvgIpc) is 2.79. The number of rotatable bonds is 3. The highest BCUT2D eigenvalue weighted by molar-refractivity contribution is 5.78. The number of aliphatic hydroxyl groups excluding tert-OH is 1. The molecule has 20 heavy (non-hydrogen) atoms. The van der Waals surface area contributed by atoms with Crippen molar-refractivity contribution < 1.29 is 5.11 Å². The van der Waals surface area contributed by atoms with E-state index in [4.69, 9.17) is 0 Å². The van der Waals surface area contributed by atoms with Crippen molar-refractivity contribution in [1.29, 1.82) is 0 Å². The van der Waals surface area contributed by atoms with Crippen LogP contribution in [0.15, 0.2) is 36.4 Å². The Morgan fingerprint density at radius 1 is 1.05 bits per heavy atom. The van der Waals surface area contributed by atoms with Crippen LogP contribution in [0, 0.1) is 16.7 Å². The number of hydrogen-bond donors (Lipinski definition) is 1. The summed E-state index contributed by atoms with van der Waals surface area (Å²) in [5.74, 6) is 0.350. The van der Waals surface area contributed by atoms with E-state index in [1.165, 1.54) is 0 Å². The van der Waals surface area contributed by atoms with Crippen LogP contribution >= 0.6 is 0 Å². The van der Waals surface area contributed by atoms with Gasteiger partial charge in [-0.2, -0.15) is 0 Å². The summed E-state index contributed by atoms with van der Waals surface area (Å²) in [4.78, 5) is 4.66. The van der Waals surface area contributed by atoms with E-state index in [1.807, 2.05) is 24.3 Å². The molecule has 0 bridgehead atoms. The maximum Gasteiger partial charge on any atom is 0.0705 e. The zero-order chi connectivity index (χ0) is 14.5. The lowest BCUT2D eigenvalue weighted by molar-refractivity contribution is 0.128. The van der Waals surface area contributed by atoms with Gasteiger partial charge in [-0.15, -0.1) is 0 Å². The molecule has 0 spiro atoms. The highest BCUT2D eigenvalue weighted by Crippen LogP contribution is 2.69. The smallest absolute Gasteiger partial charge is 0.0705 e. The molecule has 0 amide bonds. The van der Waals surface area contributed by atoms with Crippen molar-refractivity contribution in [2.45, 2.75) is 40.2 Å². The van der Waals surface area contributed by atoms with Gasteiger partial charge in [-0.05, 0) is 28.9 Å². The molecule has 0 aliphatic heterocycles. The molecule has 1 aliphatic rings. The first-order chi connectivity index (χ1) is 9.34. The fourth-order valence-corrected chi connectivity index (χ4v) is 3.76. The highest BCUT2D eigenvalue weighted by atomic mass is 16.3. The van der Waals surface area contributed by atoms with Crippen molar-refractivity contribution >= 4 is 10.9 Å². The van der Waals surface area contributed by atoms with Gasteiger partial charge in [0.25, 0.3) is 0 Å². The molecule has 2 heteroatoms. The van der Waals surface area contributed by atoms with Gasteiger partial charge in [0, 0.05) is 17.5 Å². The lowest BCUT2D eigenvalue weighted by atomic mass is 10.0. The lowest BCUT2D eigenvalue weighted by Crippen LogP contribution is -2.18. The summed E-state index contributed by atoms with van der Waals surface area (Å²) in [5, 5.41) is 11.7. The minimum Gasteiger partial charge on any atom is -0.392 e. The Morgan fingerprint density at radius 2 is 1.70 bits per heavy atom. The minimum atomic E-state index is -0.311. The maximum atomic E-state index is 10.5. The van der Waals surface area contributed by atoms with Crippen molar-refractivity contribution in [2.24, 2.45) is 16.7 Å². The monoisotopic (exact) mass is 269 g/mol. The second-order valence-corrected chi connectivity index (χ2v) is 7.19. The first-order valence-corrected chi connectivity index (χ1v) is 7.37. The number of pyridine rings is 1. The standard InChI is InChI=1S/C18H23NO/c1-17(2)16(18(17,3)4)15(20)11-13-10-9-12-7-5-6-8-14(12)19-13/h5-10,15-16,20H,11H2,1-4H3. The van der Waals surface area contributed by atoms with Crippen LogP contribution in [-0.4, -0.2) is 16.2 Å². The second-order valence-electron chi connectivity index (χ2n) is 7.19. The molecule has 1 aromatic heterocycles. The van der Waals surface area contributed by atoms with Crippen LogP contribution in [0.5, 0.6) is 0 Å². The summed E-state index contributed by atoms with van der Waals surface area (Å²) < 4.78 is 0. The van der Waals surface area contributed by atoms with Crippen LogP contribution < -0.4 is 0 Å². The Hall–Kier alpha value is -1.41. The lowest BCUT2D eigenvalue weighted by Gasteiger charge is -2.12. The van der Waals surface area contributed by atoms with Crippen molar-refractivity contribution in [1.82, 2.24) is 4.98 Å². The number of aliphatic hydroxyl groups is 1. The van der Waals surface area contributed by atoms with E-state index in [9.17, 15) is 5.11 Å². The molecule has 2 aromatic rings. The predicted octanol–water partition coefficient (Wildman–Crippen LogP) is 3.82. The first kappa shape index (κ1) is 13.6. The molecule has 1 heterocycles. The predicted molar refractivity (Wildman–Crippen MR) is 82.5 cm³/mol. The second kappa shape index (κ2) is 4.29. The van der Waals surface area contributed by atoms with Crippen LogP contribution in [0.3, 0.4) is 0 Å². The summed E-state index contributed by atoms with van der Waals surface area (Å²) in [5.41, 5.74) is 2.41. The van der Waals surface area contributed by atoms with Gasteiger partial charge in [0.2, 0.25) is 0 Å². The Morgan fingerprint density at radius 3 is 2.35 bits per heavy atom. The Kier molecular flexibility index (Phi) is 2.91. The summed E-state index contributed by atoms with van der Waals surface area (Å²) >= 11 is 0. The number of benzene rings is 1. The number of aromatic nitrogens is 1. The number of fused-ring (bicyclic) bond motifs is 1. The Bertz CT molecular complexity index is 631. The Balaban J connectivity index is 1.80. The third kappa shape index (κ3) is 1.94. The molecule has 106 valence electrons. The van der Waals surface area contributed by atoms with Crippen molar-refractivity contribution in [3.8, 4) is 0 Å². The van der Waals surface area contributed by atoms with Gasteiger partial charge < -0.3 is 5.11 Å². The van der Waals surface area contributed by atoms with Crippen LogP contribution in [0.25, 0.3) is 10.9 Å². The van der Waals surface area contributed by atoms with Gasteiger partial charge in [0.1, 0.15) is 0 Å². The van der Waals surface area contributed by atoms with E-state index in [1.54, 1.807) is 0 Å². The molecule has 1 unspecified atom stereocenters. The summed E-state index contributed by atoms with van der Waals surface area (Å²) in [6, 6.07) is 12.2. The minimum absolute atomic E-state index is 0.212. The molecule has 0 saturated heterocycles. The largest absolute Gasteiger partial charge is 0.392 e. The van der Waals surface area contributed by atoms with Gasteiger partial charge >= 0.3 is 0 Å². The number of hydrogen-bond acceptors (Lipinski definition) is 2. The molecule has 1 aromatic carbocycles. The fraction of sp³-hybridized carbons (Fsp3) is 0.500. The number of para-hydroxylation sites is 1. The highest BCUT2D eigenvalue weighted by Gasteiger charge is 2.66. The van der Waals surface area contributed by atoms with Crippen LogP contribution in [0.2, 0.25) is 0 Å². The van der Waals surface area contributed by atoms with Gasteiger partial charge in [0.15, 0.2) is 0 Å². The third-order valence-corrected chi connectivity index (χ3v) is 5.59. The van der Waals surface area contributed by atoms with E-state index >= 15 is 0 Å². The van der Waals surface area contributed by atoms with Gasteiger partial charge in [-0.25, -0.2) is 0 Å². The van der Waals surface area contributed by atoms with E-state index in [-0.39, 0.29) is 16.9 Å². The molecule has 2 nitrogen and oxygen atoms in total. The van der Waals surface area contributed by atoms with E-state index < -0.39 is 0 Å². The molecule has 1 aliphatic carbocycles. The SMILES string of the molecule is CC1(C)C(C(O)Cc2ccc3ccccc3n2)C1(C)C. The molecule has 0 radical (unpaired) electrons. The first-order valence-electron chi connectivity index (χ1n) is 7.37. The van der Waals surface area contributed by atoms with Crippen LogP contribution in [-0.2, 0) is 6.42 Å². The quantitative estimate of drug-likeness (QED) is 0.919. The van der Waals surface area contributed by atoms with Crippen molar-refractivity contribution in [3.05, 3.63) is 42.1 Å². The molecule has 1 N–H and O–H groups in total. The fourth-order valence-electron chi connectivity index (χ4n) is 3.76. The Labute approximate surface area is 120 Å².